The fourth-order valence-corrected chi connectivity index (χ4v) is 3.61. The van der Waals surface area contributed by atoms with Gasteiger partial charge in [-0.3, -0.25) is 9.59 Å². The number of nitrogens with one attached hydrogen (secondary N) is 2. The number of methoxy groups -OCH3 is 1. The maximum Gasteiger partial charge on any atom is 0.310 e. The van der Waals surface area contributed by atoms with Crippen molar-refractivity contribution < 1.29 is 14.3 Å². The predicted octanol–water partition coefficient (Wildman–Crippen LogP) is 2.50. The molecule has 8 heteroatoms. The zero-order chi connectivity index (χ0) is 16.9. The van der Waals surface area contributed by atoms with Gasteiger partial charge in [0.15, 0.2) is 5.13 Å². The van der Waals surface area contributed by atoms with E-state index >= 15 is 0 Å². The molecule has 6 nitrogen and oxygen atoms in total. The third-order valence-corrected chi connectivity index (χ3v) is 4.91. The molecule has 3 rings (SSSR count). The van der Waals surface area contributed by atoms with E-state index in [0.717, 1.165) is 23.4 Å². The van der Waals surface area contributed by atoms with Crippen LogP contribution in [0.5, 0.6) is 0 Å². The van der Waals surface area contributed by atoms with Crippen LogP contribution in [0.3, 0.4) is 0 Å². The van der Waals surface area contributed by atoms with E-state index in [9.17, 15) is 9.59 Å². The van der Waals surface area contributed by atoms with Crippen LogP contribution >= 0.6 is 23.7 Å². The first kappa shape index (κ1) is 19.4. The molecule has 2 aromatic rings. The van der Waals surface area contributed by atoms with Gasteiger partial charge < -0.3 is 15.4 Å². The third-order valence-electron chi connectivity index (χ3n) is 3.94. The highest BCUT2D eigenvalue weighted by atomic mass is 35.5. The number of rotatable bonds is 5. The topological polar surface area (TPSA) is 80.3 Å². The summed E-state index contributed by atoms with van der Waals surface area (Å²) in [6.45, 7) is 1.55. The summed E-state index contributed by atoms with van der Waals surface area (Å²) in [6, 6.07) is 9.62. The molecule has 2 N–H and O–H groups in total. The largest absolute Gasteiger partial charge is 0.469 e. The van der Waals surface area contributed by atoms with Gasteiger partial charge in [0, 0.05) is 17.0 Å². The Bertz CT molecular complexity index is 730. The lowest BCUT2D eigenvalue weighted by Gasteiger charge is -2.06. The number of halogens is 1. The van der Waals surface area contributed by atoms with E-state index in [1.54, 1.807) is 0 Å². The van der Waals surface area contributed by atoms with Gasteiger partial charge in [-0.25, -0.2) is 4.98 Å². The van der Waals surface area contributed by atoms with Gasteiger partial charge in [-0.1, -0.05) is 30.3 Å². The zero-order valence-electron chi connectivity index (χ0n) is 13.8. The van der Waals surface area contributed by atoms with Crippen molar-refractivity contribution in [2.75, 3.05) is 25.5 Å². The van der Waals surface area contributed by atoms with Gasteiger partial charge >= 0.3 is 5.97 Å². The lowest BCUT2D eigenvalue weighted by molar-refractivity contribution is -0.139. The summed E-state index contributed by atoms with van der Waals surface area (Å²) >= 11 is 1.32. The molecule has 1 atom stereocenters. The standard InChI is InChI=1S/C17H19N3O3S.ClH/c1-23-14(21)9-13-15(11-5-3-2-4-6-11)19-17(24-13)20-16(22)12-7-8-18-10-12;/h2-6,12,18H,7-10H2,1H3,(H,19,20,22);1H. The number of thiazole rings is 1. The molecular weight excluding hydrogens is 362 g/mol. The van der Waals surface area contributed by atoms with Crippen LogP contribution in [0.25, 0.3) is 11.3 Å². The molecule has 1 fully saturated rings. The molecule has 1 aliphatic rings. The Labute approximate surface area is 156 Å². The number of benzene rings is 1. The predicted molar refractivity (Wildman–Crippen MR) is 100 cm³/mol. The average Bonchev–Trinajstić information content (AvgIpc) is 3.25. The van der Waals surface area contributed by atoms with E-state index in [4.69, 9.17) is 4.74 Å². The van der Waals surface area contributed by atoms with Gasteiger partial charge in [-0.15, -0.1) is 23.7 Å². The summed E-state index contributed by atoms with van der Waals surface area (Å²) in [5.74, 6) is -0.384. The molecule has 0 radical (unpaired) electrons. The summed E-state index contributed by atoms with van der Waals surface area (Å²) in [5, 5.41) is 6.58. The number of hydrogen-bond acceptors (Lipinski definition) is 6. The van der Waals surface area contributed by atoms with Crippen LogP contribution in [0.1, 0.15) is 11.3 Å². The highest BCUT2D eigenvalue weighted by molar-refractivity contribution is 7.16. The Balaban J connectivity index is 0.00000225. The normalized spacial score (nSPS) is 16.1. The van der Waals surface area contributed by atoms with E-state index in [2.05, 4.69) is 15.6 Å². The van der Waals surface area contributed by atoms with E-state index in [1.807, 2.05) is 30.3 Å². The Morgan fingerprint density at radius 1 is 1.36 bits per heavy atom. The summed E-state index contributed by atoms with van der Waals surface area (Å²) < 4.78 is 4.76. The van der Waals surface area contributed by atoms with Crippen molar-refractivity contribution >= 4 is 40.8 Å². The molecule has 0 saturated carbocycles. The Morgan fingerprint density at radius 3 is 2.76 bits per heavy atom. The highest BCUT2D eigenvalue weighted by Crippen LogP contribution is 2.32. The lowest BCUT2D eigenvalue weighted by atomic mass is 10.1. The number of carbonyl (C=O) groups excluding carboxylic acids is 2. The van der Waals surface area contributed by atoms with Crippen molar-refractivity contribution in [3.05, 3.63) is 35.2 Å². The molecular formula is C17H20ClN3O3S. The van der Waals surface area contributed by atoms with Crippen LogP contribution in [-0.2, 0) is 20.7 Å². The number of hydrogen-bond donors (Lipinski definition) is 2. The van der Waals surface area contributed by atoms with E-state index < -0.39 is 0 Å². The molecule has 0 bridgehead atoms. The number of esters is 1. The second-order valence-corrected chi connectivity index (χ2v) is 6.67. The van der Waals surface area contributed by atoms with Gasteiger partial charge in [-0.05, 0) is 13.0 Å². The first-order valence-electron chi connectivity index (χ1n) is 7.81. The van der Waals surface area contributed by atoms with Crippen molar-refractivity contribution in [2.45, 2.75) is 12.8 Å². The van der Waals surface area contributed by atoms with Crippen LogP contribution in [0.2, 0.25) is 0 Å². The maximum atomic E-state index is 12.3. The quantitative estimate of drug-likeness (QED) is 0.778. The van der Waals surface area contributed by atoms with Crippen LogP contribution in [-0.4, -0.2) is 37.1 Å². The van der Waals surface area contributed by atoms with Crippen molar-refractivity contribution in [3.63, 3.8) is 0 Å². The maximum absolute atomic E-state index is 12.3. The minimum atomic E-state index is -0.325. The van der Waals surface area contributed by atoms with Gasteiger partial charge in [0.1, 0.15) is 0 Å². The van der Waals surface area contributed by atoms with Crippen LogP contribution < -0.4 is 10.6 Å². The van der Waals surface area contributed by atoms with Gasteiger partial charge in [0.25, 0.3) is 0 Å². The molecule has 25 heavy (non-hydrogen) atoms. The fourth-order valence-electron chi connectivity index (χ4n) is 2.64. The summed E-state index contributed by atoms with van der Waals surface area (Å²) in [7, 11) is 1.36. The number of ether oxygens (including phenoxy) is 1. The highest BCUT2D eigenvalue weighted by Gasteiger charge is 2.24. The smallest absolute Gasteiger partial charge is 0.310 e. The first-order chi connectivity index (χ1) is 11.7. The monoisotopic (exact) mass is 381 g/mol. The minimum absolute atomic E-state index is 0. The van der Waals surface area contributed by atoms with E-state index in [1.165, 1.54) is 18.4 Å². The van der Waals surface area contributed by atoms with Crippen LogP contribution in [0, 0.1) is 5.92 Å². The van der Waals surface area contributed by atoms with Gasteiger partial charge in [-0.2, -0.15) is 0 Å². The Morgan fingerprint density at radius 2 is 2.12 bits per heavy atom. The number of amides is 1. The Hall–Kier alpha value is -1.96. The molecule has 0 spiro atoms. The van der Waals surface area contributed by atoms with Crippen molar-refractivity contribution in [2.24, 2.45) is 5.92 Å². The van der Waals surface area contributed by atoms with Crippen molar-refractivity contribution in [1.82, 2.24) is 10.3 Å². The molecule has 0 aliphatic carbocycles. The molecule has 1 amide bonds. The van der Waals surface area contributed by atoms with Gasteiger partial charge in [0.05, 0.1) is 25.1 Å². The second-order valence-electron chi connectivity index (χ2n) is 5.59. The summed E-state index contributed by atoms with van der Waals surface area (Å²) in [6.07, 6.45) is 0.969. The minimum Gasteiger partial charge on any atom is -0.469 e. The number of anilines is 1. The fraction of sp³-hybridized carbons (Fsp3) is 0.353. The van der Waals surface area contributed by atoms with Crippen molar-refractivity contribution in [1.29, 1.82) is 0 Å². The van der Waals surface area contributed by atoms with E-state index in [-0.39, 0.29) is 36.6 Å². The molecule has 1 unspecified atom stereocenters. The number of aromatic nitrogens is 1. The molecule has 1 saturated heterocycles. The SMILES string of the molecule is COC(=O)Cc1sc(NC(=O)C2CCNC2)nc1-c1ccccc1.Cl. The molecule has 134 valence electrons. The number of nitrogens with zero attached hydrogens (tertiary/aromatic N) is 1. The summed E-state index contributed by atoms with van der Waals surface area (Å²) in [4.78, 5) is 29.3. The molecule has 1 aromatic carbocycles. The van der Waals surface area contributed by atoms with Crippen molar-refractivity contribution in [3.8, 4) is 11.3 Å². The van der Waals surface area contributed by atoms with E-state index in [0.29, 0.717) is 17.4 Å². The molecule has 1 aromatic heterocycles. The van der Waals surface area contributed by atoms with Crippen LogP contribution in [0.4, 0.5) is 5.13 Å². The second kappa shape index (κ2) is 8.94. The average molecular weight is 382 g/mol. The molecule has 2 heterocycles. The number of carbonyl (C=O) groups is 2. The summed E-state index contributed by atoms with van der Waals surface area (Å²) in [5.41, 5.74) is 1.63. The zero-order valence-corrected chi connectivity index (χ0v) is 15.4. The Kier molecular flexibility index (Phi) is 6.92. The van der Waals surface area contributed by atoms with Gasteiger partial charge in [0.2, 0.25) is 5.91 Å². The van der Waals surface area contributed by atoms with Crippen LogP contribution in [0.15, 0.2) is 30.3 Å². The molecule has 1 aliphatic heterocycles. The first-order valence-corrected chi connectivity index (χ1v) is 8.62. The third kappa shape index (κ3) is 4.78. The lowest BCUT2D eigenvalue weighted by Crippen LogP contribution is -2.24.